The fourth-order valence-electron chi connectivity index (χ4n) is 2.16. The van der Waals surface area contributed by atoms with E-state index in [0.29, 0.717) is 21.7 Å². The van der Waals surface area contributed by atoms with E-state index < -0.39 is 0 Å². The number of aromatic nitrogens is 3. The predicted octanol–water partition coefficient (Wildman–Crippen LogP) is 4.12. The molecule has 1 fully saturated rings. The Balaban J connectivity index is 1.65. The monoisotopic (exact) mass is 370 g/mol. The Labute approximate surface area is 148 Å². The van der Waals surface area contributed by atoms with E-state index in [-0.39, 0.29) is 11.2 Å². The van der Waals surface area contributed by atoms with Gasteiger partial charge in [0.1, 0.15) is 5.82 Å². The van der Waals surface area contributed by atoms with Gasteiger partial charge in [0.15, 0.2) is 5.16 Å². The van der Waals surface area contributed by atoms with Crippen molar-refractivity contribution in [3.63, 3.8) is 0 Å². The molecule has 0 radical (unpaired) electrons. The molecule has 0 aliphatic heterocycles. The van der Waals surface area contributed by atoms with Gasteiger partial charge in [0.2, 0.25) is 5.91 Å². The summed E-state index contributed by atoms with van der Waals surface area (Å²) in [6, 6.07) is 4.97. The highest BCUT2D eigenvalue weighted by molar-refractivity contribution is 8.00. The number of anilines is 1. The Morgan fingerprint density at radius 2 is 2.13 bits per heavy atom. The third-order valence-corrected chi connectivity index (χ3v) is 5.33. The molecule has 0 bridgehead atoms. The summed E-state index contributed by atoms with van der Waals surface area (Å²) in [6.07, 6.45) is 2.34. The van der Waals surface area contributed by atoms with Crippen molar-refractivity contribution in [2.45, 2.75) is 36.1 Å². The number of hydrogen-bond acceptors (Lipinski definition) is 4. The van der Waals surface area contributed by atoms with E-state index >= 15 is 0 Å². The number of halogens is 2. The minimum atomic E-state index is -0.323. The first-order valence-corrected chi connectivity index (χ1v) is 8.91. The Morgan fingerprint density at radius 1 is 1.39 bits per heavy atom. The van der Waals surface area contributed by atoms with Crippen molar-refractivity contribution in [3.8, 4) is 0 Å². The lowest BCUT2D eigenvalue weighted by atomic mass is 10.3. The van der Waals surface area contributed by atoms with E-state index in [1.165, 1.54) is 24.6 Å². The molecule has 1 heterocycles. The lowest BCUT2D eigenvalue weighted by molar-refractivity contribution is -0.115. The minimum Gasteiger partial charge on any atom is -0.324 e. The summed E-state index contributed by atoms with van der Waals surface area (Å²) in [6.45, 7) is 1.83. The number of benzene rings is 1. The first kappa shape index (κ1) is 16.6. The maximum atomic E-state index is 12.3. The normalized spacial score (nSPS) is 15.5. The average molecular weight is 371 g/mol. The number of hydrogen-bond donors (Lipinski definition) is 1. The number of amides is 1. The molecule has 1 aliphatic rings. The number of rotatable bonds is 5. The SMILES string of the molecule is C[C@H](Sc1nnc(C2CC2)n1C)C(=O)Nc1ccc(Cl)cc1Cl. The van der Waals surface area contributed by atoms with E-state index in [9.17, 15) is 4.79 Å². The smallest absolute Gasteiger partial charge is 0.237 e. The molecule has 0 spiro atoms. The van der Waals surface area contributed by atoms with Crippen LogP contribution < -0.4 is 5.32 Å². The van der Waals surface area contributed by atoms with Gasteiger partial charge in [-0.25, -0.2) is 0 Å². The second-order valence-corrected chi connectivity index (χ2v) is 7.70. The fourth-order valence-corrected chi connectivity index (χ4v) is 3.44. The molecule has 1 aliphatic carbocycles. The number of carbonyl (C=O) groups excluding carboxylic acids is 1. The molecule has 0 unspecified atom stereocenters. The van der Waals surface area contributed by atoms with Crippen molar-refractivity contribution in [2.75, 3.05) is 5.32 Å². The van der Waals surface area contributed by atoms with Crippen LogP contribution in [0.3, 0.4) is 0 Å². The molecule has 1 aromatic carbocycles. The van der Waals surface area contributed by atoms with Crippen LogP contribution in [0.4, 0.5) is 5.69 Å². The molecule has 1 atom stereocenters. The molecule has 8 heteroatoms. The second kappa shape index (κ2) is 6.71. The topological polar surface area (TPSA) is 59.8 Å². The predicted molar refractivity (Wildman–Crippen MR) is 93.4 cm³/mol. The molecule has 3 rings (SSSR count). The lowest BCUT2D eigenvalue weighted by Crippen LogP contribution is -2.23. The Morgan fingerprint density at radius 3 is 2.78 bits per heavy atom. The molecule has 2 aromatic rings. The van der Waals surface area contributed by atoms with Crippen LogP contribution in [0.1, 0.15) is 31.5 Å². The van der Waals surface area contributed by atoms with Crippen LogP contribution >= 0.6 is 35.0 Å². The van der Waals surface area contributed by atoms with E-state index in [0.717, 1.165) is 11.0 Å². The first-order chi connectivity index (χ1) is 11.0. The summed E-state index contributed by atoms with van der Waals surface area (Å²) >= 11 is 13.3. The Hall–Kier alpha value is -1.24. The minimum absolute atomic E-state index is 0.143. The van der Waals surface area contributed by atoms with Crippen LogP contribution in [-0.2, 0) is 11.8 Å². The maximum absolute atomic E-state index is 12.3. The first-order valence-electron chi connectivity index (χ1n) is 7.27. The van der Waals surface area contributed by atoms with Crippen LogP contribution in [0.5, 0.6) is 0 Å². The van der Waals surface area contributed by atoms with Crippen LogP contribution in [0.2, 0.25) is 10.0 Å². The van der Waals surface area contributed by atoms with Crippen molar-refractivity contribution in [2.24, 2.45) is 7.05 Å². The number of thioether (sulfide) groups is 1. The van der Waals surface area contributed by atoms with Crippen molar-refractivity contribution in [1.29, 1.82) is 0 Å². The summed E-state index contributed by atoms with van der Waals surface area (Å²) in [5.74, 6) is 1.38. The van der Waals surface area contributed by atoms with Gasteiger partial charge in [-0.3, -0.25) is 4.79 Å². The maximum Gasteiger partial charge on any atom is 0.237 e. The van der Waals surface area contributed by atoms with Gasteiger partial charge in [-0.1, -0.05) is 35.0 Å². The molecule has 1 saturated carbocycles. The van der Waals surface area contributed by atoms with Crippen LogP contribution in [-0.4, -0.2) is 25.9 Å². The van der Waals surface area contributed by atoms with E-state index in [1.807, 2.05) is 18.5 Å². The molecular formula is C15H16Cl2N4OS. The van der Waals surface area contributed by atoms with Gasteiger partial charge in [-0.2, -0.15) is 0 Å². The molecule has 1 aromatic heterocycles. The summed E-state index contributed by atoms with van der Waals surface area (Å²) < 4.78 is 1.97. The molecule has 23 heavy (non-hydrogen) atoms. The van der Waals surface area contributed by atoms with Gasteiger partial charge >= 0.3 is 0 Å². The van der Waals surface area contributed by atoms with Crippen molar-refractivity contribution in [3.05, 3.63) is 34.1 Å². The standard InChI is InChI=1S/C15H16Cl2N4OS/c1-8(14(22)18-12-6-5-10(16)7-11(12)17)23-15-20-19-13(21(15)2)9-3-4-9/h5-9H,3-4H2,1-2H3,(H,18,22)/t8-/m0/s1. The highest BCUT2D eigenvalue weighted by atomic mass is 35.5. The van der Waals surface area contributed by atoms with Gasteiger partial charge in [0.05, 0.1) is 16.0 Å². The van der Waals surface area contributed by atoms with Gasteiger partial charge < -0.3 is 9.88 Å². The van der Waals surface area contributed by atoms with Crippen LogP contribution in [0.25, 0.3) is 0 Å². The highest BCUT2D eigenvalue weighted by Crippen LogP contribution is 2.39. The summed E-state index contributed by atoms with van der Waals surface area (Å²) in [5, 5.41) is 12.6. The number of carbonyl (C=O) groups is 1. The largest absolute Gasteiger partial charge is 0.324 e. The molecular weight excluding hydrogens is 355 g/mol. The van der Waals surface area contributed by atoms with Gasteiger partial charge in [-0.15, -0.1) is 10.2 Å². The molecule has 1 amide bonds. The van der Waals surface area contributed by atoms with E-state index in [2.05, 4.69) is 15.5 Å². The van der Waals surface area contributed by atoms with Crippen LogP contribution in [0.15, 0.2) is 23.4 Å². The zero-order valence-corrected chi connectivity index (χ0v) is 15.0. The molecule has 1 N–H and O–H groups in total. The lowest BCUT2D eigenvalue weighted by Gasteiger charge is -2.12. The zero-order valence-electron chi connectivity index (χ0n) is 12.7. The summed E-state index contributed by atoms with van der Waals surface area (Å²) in [4.78, 5) is 12.3. The van der Waals surface area contributed by atoms with E-state index in [1.54, 1.807) is 18.2 Å². The summed E-state index contributed by atoms with van der Waals surface area (Å²) in [7, 11) is 1.94. The average Bonchev–Trinajstić information content (AvgIpc) is 3.28. The van der Waals surface area contributed by atoms with E-state index in [4.69, 9.17) is 23.2 Å². The van der Waals surface area contributed by atoms with Gasteiger partial charge in [0, 0.05) is 18.0 Å². The Bertz CT molecular complexity index is 745. The summed E-state index contributed by atoms with van der Waals surface area (Å²) in [5.41, 5.74) is 0.546. The molecule has 122 valence electrons. The van der Waals surface area contributed by atoms with Crippen molar-refractivity contribution >= 4 is 46.6 Å². The molecule has 5 nitrogen and oxygen atoms in total. The fraction of sp³-hybridized carbons (Fsp3) is 0.400. The third kappa shape index (κ3) is 3.82. The Kier molecular flexibility index (Phi) is 4.85. The zero-order chi connectivity index (χ0) is 16.6. The van der Waals surface area contributed by atoms with Gasteiger partial charge in [0.25, 0.3) is 0 Å². The van der Waals surface area contributed by atoms with Crippen molar-refractivity contribution in [1.82, 2.24) is 14.8 Å². The molecule has 0 saturated heterocycles. The van der Waals surface area contributed by atoms with Gasteiger partial charge in [-0.05, 0) is 38.0 Å². The third-order valence-electron chi connectivity index (χ3n) is 3.65. The second-order valence-electron chi connectivity index (χ2n) is 5.55. The van der Waals surface area contributed by atoms with Crippen molar-refractivity contribution < 1.29 is 4.79 Å². The number of nitrogens with one attached hydrogen (secondary N) is 1. The quantitative estimate of drug-likeness (QED) is 0.804. The number of nitrogens with zero attached hydrogens (tertiary/aromatic N) is 3. The van der Waals surface area contributed by atoms with Crippen LogP contribution in [0, 0.1) is 0 Å². The highest BCUT2D eigenvalue weighted by Gasteiger charge is 2.30.